The molecule has 9 aromatic rings. The molecule has 0 fully saturated rings. The summed E-state index contributed by atoms with van der Waals surface area (Å²) >= 11 is 0. The predicted octanol–water partition coefficient (Wildman–Crippen LogP) is 12.3. The summed E-state index contributed by atoms with van der Waals surface area (Å²) in [5, 5.41) is 6.28. The second-order valence-electron chi connectivity index (χ2n) is 15.3. The van der Waals surface area contributed by atoms with Crippen molar-refractivity contribution in [2.24, 2.45) is 4.99 Å². The molecule has 1 aliphatic carbocycles. The molecule has 0 bridgehead atoms. The number of rotatable bonds is 6. The fourth-order valence-electron chi connectivity index (χ4n) is 9.29. The minimum absolute atomic E-state index is 0.0342. The maximum Gasteiger partial charge on any atom is 0.132 e. The Morgan fingerprint density at radius 3 is 1.93 bits per heavy atom. The van der Waals surface area contributed by atoms with Gasteiger partial charge in [-0.05, 0) is 93.5 Å². The van der Waals surface area contributed by atoms with Crippen LogP contribution in [0.25, 0.3) is 49.7 Å². The van der Waals surface area contributed by atoms with Crippen molar-refractivity contribution in [2.45, 2.75) is 18.2 Å². The van der Waals surface area contributed by atoms with Crippen molar-refractivity contribution in [3.8, 4) is 27.9 Å². The van der Waals surface area contributed by atoms with Crippen LogP contribution in [0.2, 0.25) is 0 Å². The number of hydrogen-bond acceptors (Lipinski definition) is 3. The number of aliphatic imine (C=N–C) groups is 1. The fraction of sp³-hybridized carbons (Fsp3) is 0.0755. The molecule has 272 valence electrons. The van der Waals surface area contributed by atoms with Gasteiger partial charge in [-0.15, -0.1) is 0 Å². The van der Waals surface area contributed by atoms with Crippen LogP contribution in [-0.4, -0.2) is 22.4 Å². The Kier molecular flexibility index (Phi) is 7.97. The Morgan fingerprint density at radius 2 is 1.09 bits per heavy atom. The minimum Gasteiger partial charge on any atom is -0.350 e. The maximum absolute atomic E-state index is 5.37. The van der Waals surface area contributed by atoms with Gasteiger partial charge >= 0.3 is 0 Å². The number of fused-ring (bicyclic) bond motifs is 6. The van der Waals surface area contributed by atoms with Gasteiger partial charge in [0.05, 0.1) is 11.0 Å². The maximum atomic E-state index is 5.37. The summed E-state index contributed by atoms with van der Waals surface area (Å²) in [5.74, 6) is 1.02. The van der Waals surface area contributed by atoms with Gasteiger partial charge in [-0.2, -0.15) is 0 Å². The summed E-state index contributed by atoms with van der Waals surface area (Å²) in [6.07, 6.45) is -0.208. The molecular weight excluding hydrogens is 693 g/mol. The van der Waals surface area contributed by atoms with Crippen LogP contribution in [0.5, 0.6) is 0 Å². The van der Waals surface area contributed by atoms with Gasteiger partial charge in [0.1, 0.15) is 18.2 Å². The lowest BCUT2D eigenvalue weighted by Crippen LogP contribution is -2.45. The molecule has 57 heavy (non-hydrogen) atoms. The Labute approximate surface area is 333 Å². The third-order valence-corrected chi connectivity index (χ3v) is 12.0. The van der Waals surface area contributed by atoms with E-state index in [9.17, 15) is 0 Å². The number of aromatic nitrogens is 1. The molecular formula is C53H40N4. The summed E-state index contributed by atoms with van der Waals surface area (Å²) < 4.78 is 2.38. The van der Waals surface area contributed by atoms with Gasteiger partial charge in [0.2, 0.25) is 0 Å². The summed E-state index contributed by atoms with van der Waals surface area (Å²) in [5.41, 5.74) is 16.1. The largest absolute Gasteiger partial charge is 0.350 e. The van der Waals surface area contributed by atoms with Crippen LogP contribution in [0.1, 0.15) is 51.6 Å². The summed E-state index contributed by atoms with van der Waals surface area (Å²) in [4.78, 5) is 7.71. The molecule has 8 aromatic carbocycles. The molecule has 0 radical (unpaired) electrons. The monoisotopic (exact) mass is 732 g/mol. The minimum atomic E-state index is -0.173. The zero-order valence-electron chi connectivity index (χ0n) is 31.6. The van der Waals surface area contributed by atoms with Crippen LogP contribution < -0.4 is 5.32 Å². The normalized spacial score (nSPS) is 17.6. The molecule has 4 nitrogen and oxygen atoms in total. The van der Waals surface area contributed by atoms with Crippen molar-refractivity contribution in [1.82, 2.24) is 14.8 Å². The van der Waals surface area contributed by atoms with E-state index in [-0.39, 0.29) is 18.2 Å². The van der Waals surface area contributed by atoms with Crippen LogP contribution in [0.3, 0.4) is 0 Å². The topological polar surface area (TPSA) is 32.6 Å². The molecule has 3 unspecified atom stereocenters. The highest BCUT2D eigenvalue weighted by Gasteiger charge is 2.34. The SMILES string of the molecule is CN1C(c2cccc(C3c4ccccc4-c4cc(-c5ccc6c(c5)c5ccccc5n6-c5ccccc5)ccc43)c2)N=C(c2ccccc2)NC1c1ccccc1. The highest BCUT2D eigenvalue weighted by molar-refractivity contribution is 6.10. The summed E-state index contributed by atoms with van der Waals surface area (Å²) in [6, 6.07) is 72.7. The first-order valence-corrected chi connectivity index (χ1v) is 19.8. The Balaban J connectivity index is 0.994. The fourth-order valence-corrected chi connectivity index (χ4v) is 9.29. The number of amidine groups is 1. The van der Waals surface area contributed by atoms with Gasteiger partial charge in [-0.25, -0.2) is 4.99 Å². The van der Waals surface area contributed by atoms with E-state index in [0.29, 0.717) is 0 Å². The molecule has 1 aromatic heterocycles. The number of hydrogen-bond donors (Lipinski definition) is 1. The van der Waals surface area contributed by atoms with Crippen molar-refractivity contribution in [3.05, 3.63) is 234 Å². The zero-order valence-corrected chi connectivity index (χ0v) is 31.6. The summed E-state index contributed by atoms with van der Waals surface area (Å²) in [6.45, 7) is 0. The van der Waals surface area contributed by atoms with Gasteiger partial charge in [-0.3, -0.25) is 4.90 Å². The predicted molar refractivity (Wildman–Crippen MR) is 235 cm³/mol. The second-order valence-corrected chi connectivity index (χ2v) is 15.3. The standard InChI is InChI=1S/C53H40N4/c1-56-52(36-18-7-3-8-19-36)54-51(35-16-5-2-6-17-35)55-53(56)40-21-15-20-39(32-40)50-44-26-12-11-24-42(44)46-33-37(28-30-45(46)50)38-29-31-49-47(34-38)43-25-13-14-27-48(43)57(49)41-22-9-4-10-23-41/h2-34,50,52-53H,1H3,(H,54,55). The van der Waals surface area contributed by atoms with E-state index in [1.165, 1.54) is 77.6 Å². The average molecular weight is 733 g/mol. The second kappa shape index (κ2) is 13.6. The first kappa shape index (κ1) is 33.3. The van der Waals surface area contributed by atoms with Crippen molar-refractivity contribution < 1.29 is 0 Å². The van der Waals surface area contributed by atoms with Crippen LogP contribution in [0.4, 0.5) is 0 Å². The van der Waals surface area contributed by atoms with Crippen molar-refractivity contribution in [3.63, 3.8) is 0 Å². The van der Waals surface area contributed by atoms with Crippen LogP contribution in [0, 0.1) is 0 Å². The highest BCUT2D eigenvalue weighted by atomic mass is 15.4. The molecule has 2 heterocycles. The Hall–Kier alpha value is -7.01. The van der Waals surface area contributed by atoms with Crippen molar-refractivity contribution in [2.75, 3.05) is 7.05 Å². The van der Waals surface area contributed by atoms with E-state index in [4.69, 9.17) is 4.99 Å². The number of nitrogens with zero attached hydrogens (tertiary/aromatic N) is 3. The van der Waals surface area contributed by atoms with Gasteiger partial charge in [0.15, 0.2) is 0 Å². The van der Waals surface area contributed by atoms with Crippen molar-refractivity contribution >= 4 is 27.6 Å². The van der Waals surface area contributed by atoms with E-state index in [2.05, 4.69) is 222 Å². The van der Waals surface area contributed by atoms with E-state index in [1.807, 2.05) is 0 Å². The summed E-state index contributed by atoms with van der Waals surface area (Å²) in [7, 11) is 2.17. The van der Waals surface area contributed by atoms with Crippen molar-refractivity contribution in [1.29, 1.82) is 0 Å². The van der Waals surface area contributed by atoms with E-state index in [0.717, 1.165) is 11.4 Å². The van der Waals surface area contributed by atoms with Crippen LogP contribution >= 0.6 is 0 Å². The van der Waals surface area contributed by atoms with Gasteiger partial charge in [0.25, 0.3) is 0 Å². The van der Waals surface area contributed by atoms with Crippen LogP contribution in [0.15, 0.2) is 205 Å². The first-order chi connectivity index (χ1) is 28.2. The van der Waals surface area contributed by atoms with Gasteiger partial charge in [0, 0.05) is 27.9 Å². The first-order valence-electron chi connectivity index (χ1n) is 19.8. The van der Waals surface area contributed by atoms with E-state index < -0.39 is 0 Å². The molecule has 11 rings (SSSR count). The lowest BCUT2D eigenvalue weighted by molar-refractivity contribution is 0.152. The molecule has 0 amide bonds. The highest BCUT2D eigenvalue weighted by Crippen LogP contribution is 2.50. The zero-order chi connectivity index (χ0) is 37.9. The number of nitrogens with one attached hydrogen (secondary N) is 1. The molecule has 1 aliphatic heterocycles. The number of benzene rings is 8. The van der Waals surface area contributed by atoms with Crippen LogP contribution in [-0.2, 0) is 0 Å². The molecule has 2 aliphatic rings. The lowest BCUT2D eigenvalue weighted by Gasteiger charge is -2.39. The molecule has 0 spiro atoms. The molecule has 3 atom stereocenters. The molecule has 1 N–H and O–H groups in total. The molecule has 0 saturated heterocycles. The molecule has 0 saturated carbocycles. The average Bonchev–Trinajstić information content (AvgIpc) is 3.79. The smallest absolute Gasteiger partial charge is 0.132 e. The van der Waals surface area contributed by atoms with Gasteiger partial charge < -0.3 is 9.88 Å². The Morgan fingerprint density at radius 1 is 0.456 bits per heavy atom. The lowest BCUT2D eigenvalue weighted by atomic mass is 9.87. The quantitative estimate of drug-likeness (QED) is 0.185. The Bertz CT molecular complexity index is 2970. The number of para-hydroxylation sites is 2. The third kappa shape index (κ3) is 5.60. The van der Waals surface area contributed by atoms with Gasteiger partial charge in [-0.1, -0.05) is 164 Å². The van der Waals surface area contributed by atoms with E-state index >= 15 is 0 Å². The third-order valence-electron chi connectivity index (χ3n) is 12.0. The molecule has 4 heteroatoms. The van der Waals surface area contributed by atoms with E-state index in [1.54, 1.807) is 0 Å².